The highest BCUT2D eigenvalue weighted by Gasteiger charge is 2.42. The van der Waals surface area contributed by atoms with Gasteiger partial charge in [-0.3, -0.25) is 10.6 Å². The third-order valence-corrected chi connectivity index (χ3v) is 5.36. The van der Waals surface area contributed by atoms with E-state index in [-0.39, 0.29) is 5.92 Å². The highest BCUT2D eigenvalue weighted by Crippen LogP contribution is 2.34. The Morgan fingerprint density at radius 2 is 1.88 bits per heavy atom. The first-order valence-corrected chi connectivity index (χ1v) is 9.25. The zero-order valence-corrected chi connectivity index (χ0v) is 15.5. The lowest BCUT2D eigenvalue weighted by Gasteiger charge is -2.39. The highest BCUT2D eigenvalue weighted by atomic mass is 15.3. The number of nitrogens with zero attached hydrogens (tertiary/aromatic N) is 3. The van der Waals surface area contributed by atoms with E-state index in [2.05, 4.69) is 57.6 Å². The summed E-state index contributed by atoms with van der Waals surface area (Å²) in [5, 5.41) is 3.52. The fourth-order valence-corrected chi connectivity index (χ4v) is 3.98. The van der Waals surface area contributed by atoms with Crippen LogP contribution in [0, 0.1) is 5.92 Å². The van der Waals surface area contributed by atoms with Crippen LogP contribution in [0.1, 0.15) is 17.5 Å². The van der Waals surface area contributed by atoms with Gasteiger partial charge < -0.3 is 10.2 Å². The molecule has 2 aromatic rings. The molecular formula is C21H27N5. The van der Waals surface area contributed by atoms with Gasteiger partial charge in [-0.1, -0.05) is 42.5 Å². The third-order valence-electron chi connectivity index (χ3n) is 5.36. The van der Waals surface area contributed by atoms with E-state index in [1.54, 1.807) is 0 Å². The molecule has 1 saturated heterocycles. The van der Waals surface area contributed by atoms with Crippen molar-refractivity contribution >= 4 is 11.5 Å². The normalized spacial score (nSPS) is 25.3. The monoisotopic (exact) mass is 349 g/mol. The van der Waals surface area contributed by atoms with Crippen LogP contribution in [0.4, 0.5) is 5.69 Å². The average Bonchev–Trinajstić information content (AvgIpc) is 3.11. The molecule has 0 aromatic heterocycles. The van der Waals surface area contributed by atoms with Crippen molar-refractivity contribution in [3.8, 4) is 0 Å². The maximum atomic E-state index is 6.81. The van der Waals surface area contributed by atoms with Gasteiger partial charge in [0.2, 0.25) is 0 Å². The molecule has 0 spiro atoms. The first-order valence-electron chi connectivity index (χ1n) is 9.25. The molecule has 0 bridgehead atoms. The summed E-state index contributed by atoms with van der Waals surface area (Å²) in [6.07, 6.45) is 1.04. The first-order chi connectivity index (χ1) is 12.5. The van der Waals surface area contributed by atoms with Crippen molar-refractivity contribution < 1.29 is 0 Å². The standard InChI is InChI=1S/C21H27N5/c1-25(2)20-18-10-6-7-11-19(18)23-21(22,24-20)17-12-13-26(15-17)14-16-8-4-3-5-9-16/h3-11,17,23H,12-15,22H2,1-2H3. The predicted octanol–water partition coefficient (Wildman–Crippen LogP) is 2.55. The predicted molar refractivity (Wildman–Crippen MR) is 107 cm³/mol. The number of benzene rings is 2. The number of rotatable bonds is 3. The molecule has 3 N–H and O–H groups in total. The number of likely N-dealkylation sites (tertiary alicyclic amines) is 1. The largest absolute Gasteiger partial charge is 0.362 e. The molecule has 0 saturated carbocycles. The van der Waals surface area contributed by atoms with Gasteiger partial charge in [0.25, 0.3) is 0 Å². The minimum absolute atomic E-state index is 0.273. The summed E-state index contributed by atoms with van der Waals surface area (Å²) in [5.41, 5.74) is 10.3. The van der Waals surface area contributed by atoms with Crippen molar-refractivity contribution in [2.45, 2.75) is 18.8 Å². The zero-order chi connectivity index (χ0) is 18.1. The van der Waals surface area contributed by atoms with Gasteiger partial charge in [-0.05, 0) is 30.7 Å². The van der Waals surface area contributed by atoms with Crippen molar-refractivity contribution in [1.29, 1.82) is 0 Å². The topological polar surface area (TPSA) is 56.9 Å². The minimum atomic E-state index is -0.764. The van der Waals surface area contributed by atoms with E-state index < -0.39 is 5.79 Å². The Bertz CT molecular complexity index is 801. The molecule has 2 atom stereocenters. The van der Waals surface area contributed by atoms with E-state index in [9.17, 15) is 0 Å². The van der Waals surface area contributed by atoms with Gasteiger partial charge in [-0.2, -0.15) is 0 Å². The number of nitrogens with two attached hydrogens (primary N) is 1. The van der Waals surface area contributed by atoms with Gasteiger partial charge in [0.1, 0.15) is 5.84 Å². The smallest absolute Gasteiger partial charge is 0.188 e. The number of hydrogen-bond acceptors (Lipinski definition) is 5. The SMILES string of the molecule is CN(C)C1=NC(N)(C2CCN(Cc3ccccc3)C2)Nc2ccccc21. The van der Waals surface area contributed by atoms with Crippen molar-refractivity contribution in [3.63, 3.8) is 0 Å². The lowest BCUT2D eigenvalue weighted by atomic mass is 9.96. The third kappa shape index (κ3) is 3.20. The van der Waals surface area contributed by atoms with E-state index in [4.69, 9.17) is 10.7 Å². The summed E-state index contributed by atoms with van der Waals surface area (Å²) in [4.78, 5) is 9.49. The van der Waals surface area contributed by atoms with Crippen LogP contribution in [-0.2, 0) is 6.54 Å². The second-order valence-corrected chi connectivity index (χ2v) is 7.53. The number of amidine groups is 1. The molecule has 2 heterocycles. The molecule has 2 aliphatic heterocycles. The minimum Gasteiger partial charge on any atom is -0.362 e. The maximum absolute atomic E-state index is 6.81. The summed E-state index contributed by atoms with van der Waals surface area (Å²) in [6.45, 7) is 2.97. The van der Waals surface area contributed by atoms with Crippen LogP contribution >= 0.6 is 0 Å². The van der Waals surface area contributed by atoms with Crippen LogP contribution in [0.15, 0.2) is 59.6 Å². The summed E-state index contributed by atoms with van der Waals surface area (Å²) in [5.74, 6) is 0.456. The molecule has 0 amide bonds. The van der Waals surface area contributed by atoms with Crippen molar-refractivity contribution in [1.82, 2.24) is 9.80 Å². The maximum Gasteiger partial charge on any atom is 0.188 e. The van der Waals surface area contributed by atoms with Gasteiger partial charge in [0.05, 0.1) is 0 Å². The molecule has 1 fully saturated rings. The van der Waals surface area contributed by atoms with Crippen LogP contribution in [0.5, 0.6) is 0 Å². The summed E-state index contributed by atoms with van der Waals surface area (Å²) >= 11 is 0. The van der Waals surface area contributed by atoms with Crippen LogP contribution in [0.2, 0.25) is 0 Å². The van der Waals surface area contributed by atoms with E-state index in [1.165, 1.54) is 5.56 Å². The van der Waals surface area contributed by atoms with Crippen LogP contribution in [-0.4, -0.2) is 48.6 Å². The molecule has 2 aliphatic rings. The van der Waals surface area contributed by atoms with Crippen LogP contribution in [0.25, 0.3) is 0 Å². The first kappa shape index (κ1) is 17.1. The van der Waals surface area contributed by atoms with Gasteiger partial charge in [0, 0.05) is 44.4 Å². The Labute approximate surface area is 155 Å². The zero-order valence-electron chi connectivity index (χ0n) is 15.5. The molecule has 2 aromatic carbocycles. The highest BCUT2D eigenvalue weighted by molar-refractivity contribution is 6.05. The van der Waals surface area contributed by atoms with Crippen molar-refractivity contribution in [3.05, 3.63) is 65.7 Å². The Morgan fingerprint density at radius 3 is 2.65 bits per heavy atom. The van der Waals surface area contributed by atoms with Gasteiger partial charge in [-0.15, -0.1) is 0 Å². The number of anilines is 1. The van der Waals surface area contributed by atoms with Gasteiger partial charge in [0.15, 0.2) is 5.79 Å². The van der Waals surface area contributed by atoms with E-state index in [1.807, 2.05) is 26.2 Å². The molecule has 2 unspecified atom stereocenters. The summed E-state index contributed by atoms with van der Waals surface area (Å²) < 4.78 is 0. The fourth-order valence-electron chi connectivity index (χ4n) is 3.98. The fraction of sp³-hybridized carbons (Fsp3) is 0.381. The number of aliphatic imine (C=N–C) groups is 1. The van der Waals surface area contributed by atoms with Crippen molar-refractivity contribution in [2.75, 3.05) is 32.5 Å². The molecule has 26 heavy (non-hydrogen) atoms. The van der Waals surface area contributed by atoms with Crippen molar-refractivity contribution in [2.24, 2.45) is 16.6 Å². The van der Waals surface area contributed by atoms with Crippen LogP contribution in [0.3, 0.4) is 0 Å². The van der Waals surface area contributed by atoms with Gasteiger partial charge >= 0.3 is 0 Å². The Balaban J connectivity index is 1.55. The number of fused-ring (bicyclic) bond motifs is 1. The van der Waals surface area contributed by atoms with E-state index in [0.717, 1.165) is 43.1 Å². The summed E-state index contributed by atoms with van der Waals surface area (Å²) in [7, 11) is 4.05. The quantitative estimate of drug-likeness (QED) is 0.894. The number of hydrogen-bond donors (Lipinski definition) is 2. The Kier molecular flexibility index (Phi) is 4.42. The molecule has 4 rings (SSSR count). The molecule has 0 radical (unpaired) electrons. The average molecular weight is 349 g/mol. The van der Waals surface area contributed by atoms with Crippen LogP contribution < -0.4 is 11.1 Å². The lowest BCUT2D eigenvalue weighted by molar-refractivity contribution is 0.272. The molecular weight excluding hydrogens is 322 g/mol. The lowest BCUT2D eigenvalue weighted by Crippen LogP contribution is -2.56. The second-order valence-electron chi connectivity index (χ2n) is 7.53. The molecule has 5 heteroatoms. The van der Waals surface area contributed by atoms with Gasteiger partial charge in [-0.25, -0.2) is 4.99 Å². The summed E-state index contributed by atoms with van der Waals surface area (Å²) in [6, 6.07) is 18.9. The second kappa shape index (κ2) is 6.74. The number of para-hydroxylation sites is 1. The molecule has 0 aliphatic carbocycles. The van der Waals surface area contributed by atoms with E-state index in [0.29, 0.717) is 0 Å². The Morgan fingerprint density at radius 1 is 1.15 bits per heavy atom. The number of nitrogens with one attached hydrogen (secondary N) is 1. The van der Waals surface area contributed by atoms with E-state index >= 15 is 0 Å². The molecule has 136 valence electrons. The molecule has 5 nitrogen and oxygen atoms in total. The Hall–Kier alpha value is -2.37.